The van der Waals surface area contributed by atoms with E-state index in [-0.39, 0.29) is 12.4 Å². The minimum absolute atomic E-state index is 0.0429. The van der Waals surface area contributed by atoms with E-state index in [4.69, 9.17) is 9.40 Å². The molecule has 6 aromatic carbocycles. The van der Waals surface area contributed by atoms with Gasteiger partial charge >= 0.3 is 6.85 Å². The molecule has 0 aliphatic carbocycles. The summed E-state index contributed by atoms with van der Waals surface area (Å²) < 4.78 is 12.8. The summed E-state index contributed by atoms with van der Waals surface area (Å²) >= 11 is 0. The van der Waals surface area contributed by atoms with E-state index in [2.05, 4.69) is 100 Å². The number of nitrogens with zero attached hydrogens (tertiary/aromatic N) is 4. The fourth-order valence-corrected chi connectivity index (χ4v) is 8.64. The van der Waals surface area contributed by atoms with Gasteiger partial charge < -0.3 is 8.98 Å². The van der Waals surface area contributed by atoms with Crippen molar-refractivity contribution >= 4 is 72.6 Å². The summed E-state index contributed by atoms with van der Waals surface area (Å²) in [5.41, 5.74) is 12.6. The molecule has 2 aliphatic heterocycles. The van der Waals surface area contributed by atoms with Crippen molar-refractivity contribution in [2.24, 2.45) is 0 Å². The number of pyridine rings is 1. The smallest absolute Gasteiger partial charge is 0.357 e. The molecule has 4 aromatic heterocycles. The highest BCUT2D eigenvalue weighted by molar-refractivity contribution is 6.88. The van der Waals surface area contributed by atoms with Crippen LogP contribution in [0.3, 0.4) is 0 Å². The summed E-state index contributed by atoms with van der Waals surface area (Å²) in [6.07, 6.45) is 0. The van der Waals surface area contributed by atoms with Crippen molar-refractivity contribution in [1.82, 2.24) is 18.8 Å². The Morgan fingerprint density at radius 3 is 2.22 bits per heavy atom. The fourth-order valence-electron chi connectivity index (χ4n) is 8.64. The lowest BCUT2D eigenvalue weighted by Crippen LogP contribution is -2.53. The molecule has 0 fully saturated rings. The Kier molecular flexibility index (Phi) is 4.60. The number of aromatic nitrogens is 4. The lowest BCUT2D eigenvalue weighted by atomic mass is 9.49. The predicted molar refractivity (Wildman–Crippen MR) is 198 cm³/mol. The molecule has 6 heterocycles. The number of hydrogen-bond donors (Lipinski definition) is 0. The zero-order valence-electron chi connectivity index (χ0n) is 26.0. The van der Waals surface area contributed by atoms with E-state index >= 15 is 0 Å². The molecule has 49 heavy (non-hydrogen) atoms. The van der Waals surface area contributed by atoms with Crippen molar-refractivity contribution < 1.29 is 4.42 Å². The number of hydrogen-bond acceptors (Lipinski definition) is 3. The van der Waals surface area contributed by atoms with Gasteiger partial charge in [-0.1, -0.05) is 103 Å². The number of para-hydroxylation sites is 2. The van der Waals surface area contributed by atoms with Crippen molar-refractivity contribution in [3.05, 3.63) is 150 Å². The highest BCUT2D eigenvalue weighted by atomic mass is 16.3. The van der Waals surface area contributed by atoms with E-state index < -0.39 is 0 Å². The summed E-state index contributed by atoms with van der Waals surface area (Å²) in [6, 6.07) is 48.1. The molecule has 226 valence electrons. The second-order valence-corrected chi connectivity index (χ2v) is 13.1. The molecule has 2 aliphatic rings. The molecule has 12 rings (SSSR count). The highest BCUT2D eigenvalue weighted by Crippen LogP contribution is 2.41. The summed E-state index contributed by atoms with van der Waals surface area (Å²) in [6.45, 7) is -0.305. The van der Waals surface area contributed by atoms with Crippen LogP contribution in [0, 0.1) is 0 Å². The molecule has 10 aromatic rings. The standard InChI is InChI=1S/C42H23BN4O2/c48-42-38-28(24-11-3-1-4-12-24)21-32(25-13-5-2-6-14-25)44-41(38)46-34-20-19-27-29-23-37-30(26-15-7-10-18-36(26)49-37)22-35(29)45-33-17-9-8-16-31(33)43(47(42)46)39(34)40(27)45/h1-23H. The zero-order valence-corrected chi connectivity index (χ0v) is 26.0. The molecular formula is C42H23BN4O2. The molecule has 6 nitrogen and oxygen atoms in total. The summed E-state index contributed by atoms with van der Waals surface area (Å²) in [5.74, 6) is 0. The van der Waals surface area contributed by atoms with Crippen LogP contribution in [0.1, 0.15) is 0 Å². The van der Waals surface area contributed by atoms with Gasteiger partial charge in [0.25, 0.3) is 5.56 Å². The van der Waals surface area contributed by atoms with Crippen molar-refractivity contribution in [2.75, 3.05) is 0 Å². The van der Waals surface area contributed by atoms with Crippen LogP contribution in [-0.4, -0.2) is 25.7 Å². The quantitative estimate of drug-likeness (QED) is 0.184. The molecule has 0 unspecified atom stereocenters. The van der Waals surface area contributed by atoms with Gasteiger partial charge in [0.15, 0.2) is 5.65 Å². The summed E-state index contributed by atoms with van der Waals surface area (Å²) in [4.78, 5) is 20.2. The molecule has 0 radical (unpaired) electrons. The largest absolute Gasteiger partial charge is 0.456 e. The van der Waals surface area contributed by atoms with Crippen LogP contribution in [0.4, 0.5) is 0 Å². The second kappa shape index (κ2) is 8.85. The van der Waals surface area contributed by atoms with Gasteiger partial charge in [-0.05, 0) is 47.4 Å². The number of benzene rings is 6. The minimum atomic E-state index is -0.305. The van der Waals surface area contributed by atoms with Gasteiger partial charge in [-0.3, -0.25) is 9.39 Å². The van der Waals surface area contributed by atoms with Crippen molar-refractivity contribution in [3.63, 3.8) is 0 Å². The lowest BCUT2D eigenvalue weighted by molar-refractivity contribution is 0.669. The monoisotopic (exact) mass is 626 g/mol. The Bertz CT molecular complexity index is 3130. The van der Waals surface area contributed by atoms with Gasteiger partial charge in [-0.15, -0.1) is 0 Å². The van der Waals surface area contributed by atoms with Crippen LogP contribution >= 0.6 is 0 Å². The third-order valence-corrected chi connectivity index (χ3v) is 10.7. The topological polar surface area (TPSA) is 57.9 Å². The Morgan fingerprint density at radius 1 is 0.612 bits per heavy atom. The summed E-state index contributed by atoms with van der Waals surface area (Å²) in [5, 5.41) is 5.10. The van der Waals surface area contributed by atoms with Crippen LogP contribution in [0.5, 0.6) is 0 Å². The lowest BCUT2D eigenvalue weighted by Gasteiger charge is -2.23. The van der Waals surface area contributed by atoms with Gasteiger partial charge in [-0.2, -0.15) is 0 Å². The van der Waals surface area contributed by atoms with Crippen molar-refractivity contribution in [1.29, 1.82) is 0 Å². The first kappa shape index (κ1) is 25.5. The Balaban J connectivity index is 1.24. The van der Waals surface area contributed by atoms with E-state index in [1.807, 2.05) is 53.1 Å². The molecule has 0 saturated carbocycles. The van der Waals surface area contributed by atoms with Gasteiger partial charge in [0.2, 0.25) is 0 Å². The zero-order chi connectivity index (χ0) is 32.0. The molecule has 0 spiro atoms. The average molecular weight is 626 g/mol. The van der Waals surface area contributed by atoms with Crippen LogP contribution < -0.4 is 16.5 Å². The average Bonchev–Trinajstić information content (AvgIpc) is 3.88. The minimum Gasteiger partial charge on any atom is -0.456 e. The van der Waals surface area contributed by atoms with E-state index in [0.29, 0.717) is 11.0 Å². The third-order valence-electron chi connectivity index (χ3n) is 10.7. The molecule has 0 bridgehead atoms. The van der Waals surface area contributed by atoms with Crippen LogP contribution in [0.2, 0.25) is 0 Å². The first-order valence-electron chi connectivity index (χ1n) is 16.6. The fraction of sp³-hybridized carbons (Fsp3) is 0. The van der Waals surface area contributed by atoms with E-state index in [1.54, 1.807) is 0 Å². The molecule has 0 saturated heterocycles. The molecule has 0 N–H and O–H groups in total. The number of furan rings is 1. The van der Waals surface area contributed by atoms with E-state index in [9.17, 15) is 4.79 Å². The second-order valence-electron chi connectivity index (χ2n) is 13.1. The van der Waals surface area contributed by atoms with Gasteiger partial charge in [0, 0.05) is 43.8 Å². The highest BCUT2D eigenvalue weighted by Gasteiger charge is 2.44. The Labute approximate surface area is 278 Å². The number of rotatable bonds is 2. The van der Waals surface area contributed by atoms with Crippen LogP contribution in [0.15, 0.2) is 149 Å². The third kappa shape index (κ3) is 3.08. The maximum atomic E-state index is 15.0. The maximum absolute atomic E-state index is 15.0. The first-order valence-corrected chi connectivity index (χ1v) is 16.6. The maximum Gasteiger partial charge on any atom is 0.357 e. The molecular weight excluding hydrogens is 603 g/mol. The summed E-state index contributed by atoms with van der Waals surface area (Å²) in [7, 11) is 0. The van der Waals surface area contributed by atoms with Crippen molar-refractivity contribution in [2.45, 2.75) is 0 Å². The molecule has 0 atom stereocenters. The van der Waals surface area contributed by atoms with Crippen LogP contribution in [0.25, 0.3) is 88.5 Å². The number of fused-ring (bicyclic) bond motifs is 14. The molecule has 7 heteroatoms. The first-order chi connectivity index (χ1) is 24.2. The van der Waals surface area contributed by atoms with Crippen LogP contribution in [-0.2, 0) is 0 Å². The predicted octanol–water partition coefficient (Wildman–Crippen LogP) is 7.80. The van der Waals surface area contributed by atoms with Crippen molar-refractivity contribution in [3.8, 4) is 33.8 Å². The molecule has 0 amide bonds. The van der Waals surface area contributed by atoms with Gasteiger partial charge in [0.05, 0.1) is 27.8 Å². The van der Waals surface area contributed by atoms with Gasteiger partial charge in [-0.25, -0.2) is 9.67 Å². The Morgan fingerprint density at radius 2 is 1.37 bits per heavy atom. The normalized spacial score (nSPS) is 12.9. The van der Waals surface area contributed by atoms with Gasteiger partial charge in [0.1, 0.15) is 11.2 Å². The Hall–Kier alpha value is -6.60. The van der Waals surface area contributed by atoms with E-state index in [1.165, 1.54) is 0 Å². The SMILES string of the molecule is O=c1c2c(-c3ccccc3)cc(-c3ccccc3)nc2n2n1B1c3ccccc3-n3c4cc5c(cc4c4ccc-2c1c43)oc1ccccc15. The van der Waals surface area contributed by atoms with E-state index in [0.717, 1.165) is 88.4 Å².